The molecule has 1 aliphatic rings. The second-order valence-electron chi connectivity index (χ2n) is 4.69. The van der Waals surface area contributed by atoms with E-state index in [-0.39, 0.29) is 4.88 Å². The van der Waals surface area contributed by atoms with Crippen molar-refractivity contribution in [1.29, 1.82) is 0 Å². The molecule has 1 aromatic rings. The summed E-state index contributed by atoms with van der Waals surface area (Å²) in [4.78, 5) is 19.4. The van der Waals surface area contributed by atoms with Crippen molar-refractivity contribution >= 4 is 17.3 Å². The number of carboxylic acid groups (broad SMARTS) is 1. The quantitative estimate of drug-likeness (QED) is 0.725. The van der Waals surface area contributed by atoms with Crippen LogP contribution in [0.4, 0.5) is 0 Å². The molecule has 2 rings (SSSR count). The summed E-state index contributed by atoms with van der Waals surface area (Å²) < 4.78 is 0. The Labute approximate surface area is 111 Å². The van der Waals surface area contributed by atoms with E-state index >= 15 is 0 Å². The highest BCUT2D eigenvalue weighted by molar-refractivity contribution is 7.13. The van der Waals surface area contributed by atoms with Crippen molar-refractivity contribution in [1.82, 2.24) is 9.88 Å². The molecule has 1 aromatic heterocycles. The van der Waals surface area contributed by atoms with Gasteiger partial charge in [-0.25, -0.2) is 4.98 Å². The molecule has 0 radical (unpaired) electrons. The van der Waals surface area contributed by atoms with Crippen LogP contribution in [0, 0.1) is 6.92 Å². The van der Waals surface area contributed by atoms with Gasteiger partial charge in [-0.2, -0.15) is 0 Å². The molecule has 0 unspecified atom stereocenters. The summed E-state index contributed by atoms with van der Waals surface area (Å²) in [6, 6.07) is 0. The molecule has 1 fully saturated rings. The Morgan fingerprint density at radius 2 is 2.17 bits per heavy atom. The molecular weight excluding hydrogens is 250 g/mol. The molecule has 18 heavy (non-hydrogen) atoms. The van der Waals surface area contributed by atoms with Gasteiger partial charge in [0.2, 0.25) is 0 Å². The van der Waals surface area contributed by atoms with Crippen molar-refractivity contribution in [2.24, 2.45) is 0 Å². The van der Waals surface area contributed by atoms with Gasteiger partial charge in [-0.05, 0) is 13.8 Å². The number of likely N-dealkylation sites (N-methyl/N-ethyl adjacent to an activating group) is 1. The second kappa shape index (κ2) is 5.77. The molecule has 1 aliphatic heterocycles. The number of nitrogens with zero attached hydrogens (tertiary/aromatic N) is 2. The van der Waals surface area contributed by atoms with Crippen LogP contribution in [0.1, 0.15) is 27.3 Å². The number of aromatic carboxylic acids is 1. The van der Waals surface area contributed by atoms with E-state index in [0.717, 1.165) is 37.7 Å². The zero-order valence-corrected chi connectivity index (χ0v) is 11.7. The van der Waals surface area contributed by atoms with Crippen LogP contribution in [-0.4, -0.2) is 48.6 Å². The van der Waals surface area contributed by atoms with Gasteiger partial charge in [0.25, 0.3) is 0 Å². The fourth-order valence-electron chi connectivity index (χ4n) is 2.28. The molecule has 0 saturated carbocycles. The average molecular weight is 269 g/mol. The van der Waals surface area contributed by atoms with Crippen LogP contribution in [0.3, 0.4) is 0 Å². The smallest absolute Gasteiger partial charge is 0.108 e. The van der Waals surface area contributed by atoms with Gasteiger partial charge in [-0.1, -0.05) is 0 Å². The van der Waals surface area contributed by atoms with Crippen LogP contribution in [0.25, 0.3) is 0 Å². The third-order valence-corrected chi connectivity index (χ3v) is 4.57. The van der Waals surface area contributed by atoms with E-state index < -0.39 is 5.97 Å². The highest BCUT2D eigenvalue weighted by Gasteiger charge is 2.20. The molecule has 0 atom stereocenters. The first kappa shape index (κ1) is 13.5. The Kier molecular flexibility index (Phi) is 4.31. The summed E-state index contributed by atoms with van der Waals surface area (Å²) in [5.41, 5.74) is 0.577. The van der Waals surface area contributed by atoms with E-state index in [2.05, 4.69) is 16.8 Å². The number of piperazine rings is 1. The Morgan fingerprint density at radius 1 is 1.50 bits per heavy atom. The number of aromatic nitrogens is 1. The SMILES string of the molecule is CC[NH+]1CCN(Cc2nc(C)c(C(=O)[O-])s2)CC1. The minimum atomic E-state index is -1.11. The van der Waals surface area contributed by atoms with Gasteiger partial charge >= 0.3 is 0 Å². The van der Waals surface area contributed by atoms with Gasteiger partial charge in [-0.15, -0.1) is 11.3 Å². The number of hydrogen-bond acceptors (Lipinski definition) is 5. The zero-order chi connectivity index (χ0) is 13.1. The topological polar surface area (TPSA) is 60.7 Å². The van der Waals surface area contributed by atoms with E-state index in [0.29, 0.717) is 5.69 Å². The monoisotopic (exact) mass is 269 g/mol. The number of aryl methyl sites for hydroxylation is 1. The van der Waals surface area contributed by atoms with Crippen LogP contribution >= 0.6 is 11.3 Å². The van der Waals surface area contributed by atoms with Crippen LogP contribution in [0.15, 0.2) is 0 Å². The number of thiazole rings is 1. The first-order valence-electron chi connectivity index (χ1n) is 6.33. The third kappa shape index (κ3) is 3.07. The maximum atomic E-state index is 10.9. The molecule has 0 aromatic carbocycles. The minimum Gasteiger partial charge on any atom is -0.544 e. The summed E-state index contributed by atoms with van der Waals surface area (Å²) in [6.45, 7) is 10.3. The van der Waals surface area contributed by atoms with Gasteiger partial charge in [0.15, 0.2) is 0 Å². The van der Waals surface area contributed by atoms with Gasteiger partial charge in [0.1, 0.15) is 5.01 Å². The van der Waals surface area contributed by atoms with Crippen molar-refractivity contribution in [2.75, 3.05) is 32.7 Å². The van der Waals surface area contributed by atoms with Crippen LogP contribution in [0.2, 0.25) is 0 Å². The normalized spacial score (nSPS) is 18.1. The fraction of sp³-hybridized carbons (Fsp3) is 0.667. The third-order valence-electron chi connectivity index (χ3n) is 3.45. The molecular formula is C12H19N3O2S. The average Bonchev–Trinajstić information content (AvgIpc) is 2.71. The Balaban J connectivity index is 1.94. The molecule has 0 spiro atoms. The summed E-state index contributed by atoms with van der Waals surface area (Å²) in [6.07, 6.45) is 0. The number of carbonyl (C=O) groups is 1. The van der Waals surface area contributed by atoms with Crippen LogP contribution < -0.4 is 10.0 Å². The highest BCUT2D eigenvalue weighted by Crippen LogP contribution is 2.18. The number of rotatable bonds is 4. The largest absolute Gasteiger partial charge is 0.544 e. The molecule has 0 aliphatic carbocycles. The molecule has 2 heterocycles. The van der Waals surface area contributed by atoms with Gasteiger partial charge in [-0.3, -0.25) is 4.90 Å². The summed E-state index contributed by atoms with van der Waals surface area (Å²) in [7, 11) is 0. The standard InChI is InChI=1S/C12H19N3O2S/c1-3-14-4-6-15(7-5-14)8-10-13-9(2)11(18-10)12(16)17/h3-8H2,1-2H3,(H,16,17). The highest BCUT2D eigenvalue weighted by atomic mass is 32.1. The Morgan fingerprint density at radius 3 is 2.67 bits per heavy atom. The van der Waals surface area contributed by atoms with Gasteiger partial charge in [0, 0.05) is 13.1 Å². The maximum Gasteiger partial charge on any atom is 0.108 e. The van der Waals surface area contributed by atoms with Gasteiger partial charge < -0.3 is 14.8 Å². The first-order chi connectivity index (χ1) is 8.60. The van der Waals surface area contributed by atoms with Crippen LogP contribution in [0.5, 0.6) is 0 Å². The van der Waals surface area contributed by atoms with Crippen molar-refractivity contribution in [3.05, 3.63) is 15.6 Å². The number of carboxylic acids is 1. The molecule has 6 heteroatoms. The zero-order valence-electron chi connectivity index (χ0n) is 10.9. The predicted octanol–water partition coefficient (Wildman–Crippen LogP) is -1.46. The number of quaternary nitrogens is 1. The van der Waals surface area contributed by atoms with Crippen molar-refractivity contribution in [3.63, 3.8) is 0 Å². The maximum absolute atomic E-state index is 10.9. The summed E-state index contributed by atoms with van der Waals surface area (Å²) in [5, 5.41) is 11.7. The second-order valence-corrected chi connectivity index (χ2v) is 5.77. The van der Waals surface area contributed by atoms with Crippen molar-refractivity contribution in [3.8, 4) is 0 Å². The molecule has 0 bridgehead atoms. The Hall–Kier alpha value is -0.980. The number of carbonyl (C=O) groups excluding carboxylic acids is 1. The Bertz CT molecular complexity index is 425. The molecule has 0 amide bonds. The minimum absolute atomic E-state index is 0.266. The lowest BCUT2D eigenvalue weighted by Crippen LogP contribution is -3.14. The van der Waals surface area contributed by atoms with Crippen molar-refractivity contribution in [2.45, 2.75) is 20.4 Å². The fourth-order valence-corrected chi connectivity index (χ4v) is 3.22. The van der Waals surface area contributed by atoms with E-state index in [1.54, 1.807) is 11.8 Å². The molecule has 1 N–H and O–H groups in total. The number of hydrogen-bond donors (Lipinski definition) is 1. The van der Waals surface area contributed by atoms with E-state index in [1.165, 1.54) is 17.9 Å². The summed E-state index contributed by atoms with van der Waals surface area (Å²) in [5.74, 6) is -1.11. The van der Waals surface area contributed by atoms with Gasteiger partial charge in [0.05, 0.1) is 42.7 Å². The lowest BCUT2D eigenvalue weighted by molar-refractivity contribution is -0.902. The lowest BCUT2D eigenvalue weighted by Gasteiger charge is -2.30. The molecule has 1 saturated heterocycles. The molecule has 100 valence electrons. The lowest BCUT2D eigenvalue weighted by atomic mass is 10.3. The summed E-state index contributed by atoms with van der Waals surface area (Å²) >= 11 is 1.25. The van der Waals surface area contributed by atoms with E-state index in [4.69, 9.17) is 0 Å². The van der Waals surface area contributed by atoms with Crippen LogP contribution in [-0.2, 0) is 6.54 Å². The van der Waals surface area contributed by atoms with Crippen molar-refractivity contribution < 1.29 is 14.8 Å². The first-order valence-corrected chi connectivity index (χ1v) is 7.15. The van der Waals surface area contributed by atoms with E-state index in [9.17, 15) is 9.90 Å². The van der Waals surface area contributed by atoms with E-state index in [1.807, 2.05) is 0 Å². The molecule has 5 nitrogen and oxygen atoms in total. The predicted molar refractivity (Wildman–Crippen MR) is 67.7 cm³/mol. The number of nitrogens with one attached hydrogen (secondary N) is 1.